The minimum absolute atomic E-state index is 0.0171. The summed E-state index contributed by atoms with van der Waals surface area (Å²) in [4.78, 5) is 14.5. The van der Waals surface area contributed by atoms with E-state index < -0.39 is 6.04 Å². The summed E-state index contributed by atoms with van der Waals surface area (Å²) in [7, 11) is 0. The van der Waals surface area contributed by atoms with Crippen molar-refractivity contribution in [3.8, 4) is 0 Å². The van der Waals surface area contributed by atoms with Gasteiger partial charge in [0.15, 0.2) is 0 Å². The summed E-state index contributed by atoms with van der Waals surface area (Å²) in [6, 6.07) is 10.3. The van der Waals surface area contributed by atoms with E-state index in [1.807, 2.05) is 19.9 Å². The van der Waals surface area contributed by atoms with Gasteiger partial charge >= 0.3 is 0 Å². The number of hydrogen-bond acceptors (Lipinski definition) is 3. The van der Waals surface area contributed by atoms with E-state index in [-0.39, 0.29) is 17.9 Å². The van der Waals surface area contributed by atoms with Crippen molar-refractivity contribution in [3.63, 3.8) is 0 Å². The Morgan fingerprint density at radius 1 is 1.38 bits per heavy atom. The van der Waals surface area contributed by atoms with E-state index in [1.54, 1.807) is 0 Å². The van der Waals surface area contributed by atoms with Crippen molar-refractivity contribution in [1.29, 1.82) is 0 Å². The van der Waals surface area contributed by atoms with Gasteiger partial charge in [0.05, 0.1) is 6.04 Å². The van der Waals surface area contributed by atoms with E-state index in [9.17, 15) is 4.79 Å². The van der Waals surface area contributed by atoms with Crippen LogP contribution in [0.4, 0.5) is 0 Å². The number of rotatable bonds is 5. The summed E-state index contributed by atoms with van der Waals surface area (Å²) in [5, 5.41) is 3.11. The molecule has 0 saturated carbocycles. The molecule has 0 aromatic heterocycles. The van der Waals surface area contributed by atoms with Gasteiger partial charge in [-0.15, -0.1) is 0 Å². The van der Waals surface area contributed by atoms with Gasteiger partial charge < -0.3 is 11.1 Å². The summed E-state index contributed by atoms with van der Waals surface area (Å²) < 4.78 is 0. The number of nitrogens with two attached hydrogens (primary N) is 1. The normalized spacial score (nSPS) is 21.2. The van der Waals surface area contributed by atoms with Crippen LogP contribution in [0.15, 0.2) is 30.3 Å². The molecule has 0 unspecified atom stereocenters. The first-order valence-electron chi connectivity index (χ1n) is 7.88. The number of nitrogens with one attached hydrogen (secondary N) is 1. The number of carbonyl (C=O) groups is 1. The molecule has 0 spiro atoms. The molecule has 1 saturated heterocycles. The maximum atomic E-state index is 12.1. The quantitative estimate of drug-likeness (QED) is 0.868. The fourth-order valence-electron chi connectivity index (χ4n) is 2.76. The van der Waals surface area contributed by atoms with E-state index in [0.29, 0.717) is 0 Å². The number of piperidine rings is 1. The van der Waals surface area contributed by atoms with Crippen molar-refractivity contribution in [1.82, 2.24) is 10.2 Å². The van der Waals surface area contributed by atoms with Crippen LogP contribution < -0.4 is 11.1 Å². The zero-order valence-corrected chi connectivity index (χ0v) is 13.1. The lowest BCUT2D eigenvalue weighted by molar-refractivity contribution is -0.124. The summed E-state index contributed by atoms with van der Waals surface area (Å²) in [5.41, 5.74) is 7.23. The SMILES string of the molecule is CC(C)[C@H](N)C(=O)N[C@@H]1CCCN(Cc2ccccc2)C1. The average molecular weight is 289 g/mol. The van der Waals surface area contributed by atoms with Crippen LogP contribution in [-0.2, 0) is 11.3 Å². The summed E-state index contributed by atoms with van der Waals surface area (Å²) in [6.07, 6.45) is 2.16. The Kier molecular flexibility index (Phi) is 5.76. The average Bonchev–Trinajstić information content (AvgIpc) is 2.47. The molecule has 1 fully saturated rings. The topological polar surface area (TPSA) is 58.4 Å². The zero-order chi connectivity index (χ0) is 15.2. The Hall–Kier alpha value is -1.39. The first kappa shape index (κ1) is 16.0. The predicted molar refractivity (Wildman–Crippen MR) is 85.7 cm³/mol. The highest BCUT2D eigenvalue weighted by molar-refractivity contribution is 5.82. The van der Waals surface area contributed by atoms with Crippen molar-refractivity contribution in [2.45, 2.75) is 45.3 Å². The third-order valence-electron chi connectivity index (χ3n) is 4.12. The predicted octanol–water partition coefficient (Wildman–Crippen LogP) is 1.75. The maximum absolute atomic E-state index is 12.1. The lowest BCUT2D eigenvalue weighted by Gasteiger charge is -2.34. The van der Waals surface area contributed by atoms with Gasteiger partial charge in [-0.05, 0) is 30.9 Å². The van der Waals surface area contributed by atoms with E-state index in [4.69, 9.17) is 5.73 Å². The smallest absolute Gasteiger partial charge is 0.237 e. The molecule has 1 aliphatic heterocycles. The number of hydrogen-bond donors (Lipinski definition) is 2. The number of likely N-dealkylation sites (tertiary alicyclic amines) is 1. The molecule has 1 heterocycles. The molecule has 0 radical (unpaired) electrons. The number of benzene rings is 1. The Morgan fingerprint density at radius 3 is 2.76 bits per heavy atom. The van der Waals surface area contributed by atoms with E-state index in [2.05, 4.69) is 34.5 Å². The molecule has 1 aromatic carbocycles. The highest BCUT2D eigenvalue weighted by atomic mass is 16.2. The largest absolute Gasteiger partial charge is 0.351 e. The Labute approximate surface area is 127 Å². The monoisotopic (exact) mass is 289 g/mol. The first-order valence-corrected chi connectivity index (χ1v) is 7.88. The second kappa shape index (κ2) is 7.57. The van der Waals surface area contributed by atoms with Gasteiger partial charge in [0.25, 0.3) is 0 Å². The molecule has 1 aromatic rings. The highest BCUT2D eigenvalue weighted by Gasteiger charge is 2.24. The molecular formula is C17H27N3O. The molecule has 0 bridgehead atoms. The standard InChI is InChI=1S/C17H27N3O/c1-13(2)16(18)17(21)19-15-9-6-10-20(12-15)11-14-7-4-3-5-8-14/h3-5,7-8,13,15-16H,6,9-12,18H2,1-2H3,(H,19,21)/t15-,16+/m1/s1. The molecule has 1 aliphatic rings. The molecule has 116 valence electrons. The van der Waals surface area contributed by atoms with Crippen LogP contribution in [0.2, 0.25) is 0 Å². The van der Waals surface area contributed by atoms with Gasteiger partial charge in [-0.1, -0.05) is 44.2 Å². The lowest BCUT2D eigenvalue weighted by Crippen LogP contribution is -2.52. The fraction of sp³-hybridized carbons (Fsp3) is 0.588. The molecule has 0 aliphatic carbocycles. The number of nitrogens with zero attached hydrogens (tertiary/aromatic N) is 1. The van der Waals surface area contributed by atoms with Crippen LogP contribution >= 0.6 is 0 Å². The Morgan fingerprint density at radius 2 is 2.10 bits per heavy atom. The molecule has 2 atom stereocenters. The van der Waals surface area contributed by atoms with Crippen molar-refractivity contribution >= 4 is 5.91 Å². The molecular weight excluding hydrogens is 262 g/mol. The highest BCUT2D eigenvalue weighted by Crippen LogP contribution is 2.14. The van der Waals surface area contributed by atoms with Gasteiger partial charge in [0.1, 0.15) is 0 Å². The van der Waals surface area contributed by atoms with Crippen molar-refractivity contribution in [2.24, 2.45) is 11.7 Å². The Bertz CT molecular complexity index is 447. The van der Waals surface area contributed by atoms with Gasteiger partial charge in [-0.2, -0.15) is 0 Å². The summed E-state index contributed by atoms with van der Waals surface area (Å²) in [5.74, 6) is 0.158. The lowest BCUT2D eigenvalue weighted by atomic mass is 10.0. The molecule has 4 nitrogen and oxygen atoms in total. The number of carbonyl (C=O) groups excluding carboxylic acids is 1. The van der Waals surface area contributed by atoms with Gasteiger partial charge in [0.2, 0.25) is 5.91 Å². The van der Waals surface area contributed by atoms with Crippen LogP contribution in [0.5, 0.6) is 0 Å². The minimum Gasteiger partial charge on any atom is -0.351 e. The second-order valence-corrected chi connectivity index (χ2v) is 6.34. The second-order valence-electron chi connectivity index (χ2n) is 6.34. The van der Waals surface area contributed by atoms with Gasteiger partial charge in [-0.25, -0.2) is 0 Å². The van der Waals surface area contributed by atoms with E-state index in [1.165, 1.54) is 5.56 Å². The third-order valence-corrected chi connectivity index (χ3v) is 4.12. The molecule has 1 amide bonds. The minimum atomic E-state index is -0.408. The molecule has 21 heavy (non-hydrogen) atoms. The van der Waals surface area contributed by atoms with Crippen molar-refractivity contribution in [3.05, 3.63) is 35.9 Å². The zero-order valence-electron chi connectivity index (χ0n) is 13.1. The summed E-state index contributed by atoms with van der Waals surface area (Å²) in [6.45, 7) is 6.91. The van der Waals surface area contributed by atoms with Crippen LogP contribution in [0.25, 0.3) is 0 Å². The Balaban J connectivity index is 1.85. The van der Waals surface area contributed by atoms with E-state index >= 15 is 0 Å². The van der Waals surface area contributed by atoms with Gasteiger partial charge in [0, 0.05) is 19.1 Å². The van der Waals surface area contributed by atoms with Crippen LogP contribution in [0.3, 0.4) is 0 Å². The van der Waals surface area contributed by atoms with Gasteiger partial charge in [-0.3, -0.25) is 9.69 Å². The third kappa shape index (κ3) is 4.83. The van der Waals surface area contributed by atoms with Crippen LogP contribution in [-0.4, -0.2) is 36.0 Å². The van der Waals surface area contributed by atoms with Crippen LogP contribution in [0, 0.1) is 5.92 Å². The molecule has 2 rings (SSSR count). The van der Waals surface area contributed by atoms with E-state index in [0.717, 1.165) is 32.5 Å². The fourth-order valence-corrected chi connectivity index (χ4v) is 2.76. The first-order chi connectivity index (χ1) is 10.1. The summed E-state index contributed by atoms with van der Waals surface area (Å²) >= 11 is 0. The van der Waals surface area contributed by atoms with Crippen molar-refractivity contribution < 1.29 is 4.79 Å². The number of amides is 1. The molecule has 4 heteroatoms. The molecule has 3 N–H and O–H groups in total. The van der Waals surface area contributed by atoms with Crippen molar-refractivity contribution in [2.75, 3.05) is 13.1 Å². The van der Waals surface area contributed by atoms with Crippen LogP contribution in [0.1, 0.15) is 32.3 Å². The maximum Gasteiger partial charge on any atom is 0.237 e.